The lowest BCUT2D eigenvalue weighted by molar-refractivity contribution is -0.115. The van der Waals surface area contributed by atoms with Crippen LogP contribution in [0.4, 0.5) is 20.8 Å². The fourth-order valence-corrected chi connectivity index (χ4v) is 5.82. The number of nitrogens with one attached hydrogen (secondary N) is 3. The maximum absolute atomic E-state index is 13.2. The first-order valence-corrected chi connectivity index (χ1v) is 14.1. The highest BCUT2D eigenvalue weighted by molar-refractivity contribution is 8.00. The van der Waals surface area contributed by atoms with Gasteiger partial charge in [-0.3, -0.25) is 14.4 Å². The van der Waals surface area contributed by atoms with Gasteiger partial charge < -0.3 is 20.7 Å². The van der Waals surface area contributed by atoms with E-state index in [1.54, 1.807) is 62.4 Å². The molecule has 210 valence electrons. The molecule has 4 aromatic rings. The van der Waals surface area contributed by atoms with E-state index in [2.05, 4.69) is 16.0 Å². The average Bonchev–Trinajstić information content (AvgIpc) is 3.29. The van der Waals surface area contributed by atoms with E-state index in [4.69, 9.17) is 4.74 Å². The number of hydrogen-bond acceptors (Lipinski definition) is 7. The van der Waals surface area contributed by atoms with Gasteiger partial charge in [0.15, 0.2) is 0 Å². The van der Waals surface area contributed by atoms with Gasteiger partial charge in [-0.1, -0.05) is 24.3 Å². The maximum atomic E-state index is 13.2. The van der Waals surface area contributed by atoms with Crippen LogP contribution in [-0.2, 0) is 9.53 Å². The number of esters is 1. The van der Waals surface area contributed by atoms with Gasteiger partial charge in [0.25, 0.3) is 11.8 Å². The fraction of sp³-hybridized carbons (Fsp3) is 0.133. The Labute approximate surface area is 244 Å². The monoisotopic (exact) mass is 591 g/mol. The number of benzene rings is 3. The van der Waals surface area contributed by atoms with Crippen LogP contribution in [0, 0.1) is 12.7 Å². The summed E-state index contributed by atoms with van der Waals surface area (Å²) in [5.41, 5.74) is 1.92. The fourth-order valence-electron chi connectivity index (χ4n) is 3.80. The predicted molar refractivity (Wildman–Crippen MR) is 160 cm³/mol. The van der Waals surface area contributed by atoms with Crippen LogP contribution in [0.1, 0.15) is 42.9 Å². The largest absolute Gasteiger partial charge is 0.465 e. The van der Waals surface area contributed by atoms with Crippen molar-refractivity contribution in [3.05, 3.63) is 106 Å². The molecule has 11 heteroatoms. The quantitative estimate of drug-likeness (QED) is 0.149. The van der Waals surface area contributed by atoms with Gasteiger partial charge in [-0.15, -0.1) is 23.1 Å². The van der Waals surface area contributed by atoms with E-state index in [0.717, 1.165) is 11.3 Å². The van der Waals surface area contributed by atoms with E-state index in [1.165, 1.54) is 43.1 Å². The highest BCUT2D eigenvalue weighted by Gasteiger charge is 2.27. The number of amides is 3. The van der Waals surface area contributed by atoms with Gasteiger partial charge in [0, 0.05) is 21.8 Å². The smallest absolute Gasteiger partial charge is 0.341 e. The lowest BCUT2D eigenvalue weighted by Gasteiger charge is -2.13. The van der Waals surface area contributed by atoms with Gasteiger partial charge in [0.1, 0.15) is 10.8 Å². The molecule has 3 N–H and O–H groups in total. The minimum absolute atomic E-state index is 0.117. The first-order chi connectivity index (χ1) is 19.7. The van der Waals surface area contributed by atoms with Crippen molar-refractivity contribution in [3.8, 4) is 0 Å². The number of ether oxygens (including phenoxy) is 1. The van der Waals surface area contributed by atoms with Gasteiger partial charge in [0.2, 0.25) is 5.91 Å². The molecule has 0 saturated heterocycles. The number of methoxy groups -OCH3 is 1. The zero-order chi connectivity index (χ0) is 29.5. The van der Waals surface area contributed by atoms with Crippen molar-refractivity contribution < 1.29 is 28.3 Å². The van der Waals surface area contributed by atoms with Gasteiger partial charge >= 0.3 is 5.97 Å². The van der Waals surface area contributed by atoms with Crippen molar-refractivity contribution >= 4 is 63.2 Å². The number of thioether (sulfide) groups is 1. The van der Waals surface area contributed by atoms with Gasteiger partial charge in [0.05, 0.1) is 22.8 Å². The van der Waals surface area contributed by atoms with Crippen LogP contribution in [0.25, 0.3) is 0 Å². The topological polar surface area (TPSA) is 114 Å². The van der Waals surface area contributed by atoms with Crippen molar-refractivity contribution in [3.63, 3.8) is 0 Å². The molecule has 4 rings (SSSR count). The Morgan fingerprint density at radius 2 is 1.51 bits per heavy atom. The molecule has 3 aromatic carbocycles. The number of hydrogen-bond donors (Lipinski definition) is 3. The van der Waals surface area contributed by atoms with Crippen molar-refractivity contribution in [1.82, 2.24) is 0 Å². The molecule has 3 amide bonds. The van der Waals surface area contributed by atoms with Crippen LogP contribution in [0.3, 0.4) is 0 Å². The van der Waals surface area contributed by atoms with E-state index >= 15 is 0 Å². The lowest BCUT2D eigenvalue weighted by atomic mass is 10.1. The van der Waals surface area contributed by atoms with Gasteiger partial charge in [-0.2, -0.15) is 0 Å². The van der Waals surface area contributed by atoms with Crippen LogP contribution in [-0.4, -0.2) is 36.1 Å². The van der Waals surface area contributed by atoms with Gasteiger partial charge in [-0.05, 0) is 74.0 Å². The molecule has 0 radical (unpaired) electrons. The van der Waals surface area contributed by atoms with Crippen LogP contribution in [0.5, 0.6) is 0 Å². The Kier molecular flexibility index (Phi) is 9.53. The molecule has 0 aliphatic rings. The molecule has 1 heterocycles. The third-order valence-electron chi connectivity index (χ3n) is 5.89. The zero-order valence-corrected chi connectivity index (χ0v) is 24.0. The second-order valence-electron chi connectivity index (χ2n) is 8.81. The zero-order valence-electron chi connectivity index (χ0n) is 22.3. The Morgan fingerprint density at radius 3 is 2.20 bits per heavy atom. The maximum Gasteiger partial charge on any atom is 0.341 e. The predicted octanol–water partition coefficient (Wildman–Crippen LogP) is 6.61. The molecule has 0 fully saturated rings. The normalized spacial score (nSPS) is 11.3. The van der Waals surface area contributed by atoms with E-state index in [1.807, 2.05) is 6.07 Å². The number of anilines is 3. The number of para-hydroxylation sites is 1. The summed E-state index contributed by atoms with van der Waals surface area (Å²) in [6, 6.07) is 21.0. The summed E-state index contributed by atoms with van der Waals surface area (Å²) in [4.78, 5) is 52.2. The first-order valence-electron chi connectivity index (χ1n) is 12.4. The Hall–Kier alpha value is -4.48. The highest BCUT2D eigenvalue weighted by atomic mass is 32.2. The molecule has 1 atom stereocenters. The van der Waals surface area contributed by atoms with E-state index in [9.17, 15) is 23.6 Å². The third kappa shape index (κ3) is 7.38. The first kappa shape index (κ1) is 29.5. The number of halogens is 1. The summed E-state index contributed by atoms with van der Waals surface area (Å²) >= 11 is 2.24. The van der Waals surface area contributed by atoms with Crippen LogP contribution < -0.4 is 16.0 Å². The molecule has 0 aliphatic carbocycles. The second kappa shape index (κ2) is 13.2. The molecule has 0 bridgehead atoms. The second-order valence-corrected chi connectivity index (χ2v) is 11.2. The number of thiophene rings is 1. The number of carbonyl (C=O) groups excluding carboxylic acids is 4. The summed E-state index contributed by atoms with van der Waals surface area (Å²) in [6.45, 7) is 3.33. The molecule has 8 nitrogen and oxygen atoms in total. The van der Waals surface area contributed by atoms with Gasteiger partial charge in [-0.25, -0.2) is 9.18 Å². The minimum atomic E-state index is -0.669. The molecule has 0 saturated carbocycles. The van der Waals surface area contributed by atoms with E-state index < -0.39 is 34.8 Å². The summed E-state index contributed by atoms with van der Waals surface area (Å²) in [7, 11) is 1.23. The Bertz CT molecular complexity index is 1590. The molecular weight excluding hydrogens is 565 g/mol. The van der Waals surface area contributed by atoms with Crippen LogP contribution >= 0.6 is 23.1 Å². The van der Waals surface area contributed by atoms with Crippen molar-refractivity contribution in [1.29, 1.82) is 0 Å². The SMILES string of the molecule is COC(=O)c1c(NC(=O)C(C)Sc2cccc(NC(=O)c3ccc(F)cc3)c2)sc(C(=O)Nc2ccccc2)c1C. The summed E-state index contributed by atoms with van der Waals surface area (Å²) in [5, 5.41) is 7.94. The summed E-state index contributed by atoms with van der Waals surface area (Å²) in [6.07, 6.45) is 0. The van der Waals surface area contributed by atoms with Crippen LogP contribution in [0.2, 0.25) is 0 Å². The lowest BCUT2D eigenvalue weighted by Crippen LogP contribution is -2.23. The molecule has 0 aliphatic heterocycles. The standard InChI is InChI=1S/C30H26FN3O5S2/c1-17-24(30(38)39-3)29(41-25(17)28(37)32-21-8-5-4-6-9-21)34-26(35)18(2)40-23-11-7-10-22(16-23)33-27(36)19-12-14-20(31)15-13-19/h4-16,18H,1-3H3,(H,32,37)(H,33,36)(H,34,35). The molecule has 41 heavy (non-hydrogen) atoms. The van der Waals surface area contributed by atoms with Crippen molar-refractivity contribution in [2.45, 2.75) is 24.0 Å². The average molecular weight is 592 g/mol. The van der Waals surface area contributed by atoms with E-state index in [0.29, 0.717) is 27.4 Å². The number of carbonyl (C=O) groups is 4. The Morgan fingerprint density at radius 1 is 0.854 bits per heavy atom. The highest BCUT2D eigenvalue weighted by Crippen LogP contribution is 2.35. The molecule has 0 spiro atoms. The molecule has 1 aromatic heterocycles. The molecular formula is C30H26FN3O5S2. The number of rotatable bonds is 9. The summed E-state index contributed by atoms with van der Waals surface area (Å²) < 4.78 is 18.1. The third-order valence-corrected chi connectivity index (χ3v) is 8.19. The Balaban J connectivity index is 1.46. The minimum Gasteiger partial charge on any atom is -0.465 e. The van der Waals surface area contributed by atoms with Crippen LogP contribution in [0.15, 0.2) is 83.8 Å². The molecule has 1 unspecified atom stereocenters. The van der Waals surface area contributed by atoms with Crippen molar-refractivity contribution in [2.75, 3.05) is 23.1 Å². The van der Waals surface area contributed by atoms with Crippen molar-refractivity contribution in [2.24, 2.45) is 0 Å². The van der Waals surface area contributed by atoms with E-state index in [-0.39, 0.29) is 15.4 Å². The summed E-state index contributed by atoms with van der Waals surface area (Å²) in [5.74, 6) is -2.30.